The average molecular weight is 284 g/mol. The minimum atomic E-state index is -1.49. The quantitative estimate of drug-likeness (QED) is 0.279. The van der Waals surface area contributed by atoms with E-state index < -0.39 is 7.12 Å². The zero-order chi connectivity index (χ0) is 15.1. The van der Waals surface area contributed by atoms with Crippen LogP contribution in [-0.2, 0) is 11.3 Å². The summed E-state index contributed by atoms with van der Waals surface area (Å²) in [5.74, 6) is -0.232. The Labute approximate surface area is 122 Å². The number of nitrogens with one attached hydrogen (secondary N) is 1. The van der Waals surface area contributed by atoms with Gasteiger partial charge in [0.1, 0.15) is 0 Å². The SMILES string of the molecule is O=C(C[n+]1ccccc1)N/N=C\c1ccc(B(O)O)cc1. The second kappa shape index (κ2) is 7.32. The van der Waals surface area contributed by atoms with E-state index in [1.165, 1.54) is 6.21 Å². The van der Waals surface area contributed by atoms with Gasteiger partial charge in [0.05, 0.1) is 6.21 Å². The van der Waals surface area contributed by atoms with E-state index in [-0.39, 0.29) is 12.5 Å². The van der Waals surface area contributed by atoms with Crippen molar-refractivity contribution in [3.05, 3.63) is 60.4 Å². The third-order valence-corrected chi connectivity index (χ3v) is 2.74. The maximum absolute atomic E-state index is 11.6. The van der Waals surface area contributed by atoms with Crippen LogP contribution < -0.4 is 15.5 Å². The molecule has 3 N–H and O–H groups in total. The van der Waals surface area contributed by atoms with Crippen molar-refractivity contribution in [2.75, 3.05) is 0 Å². The Hall–Kier alpha value is -2.51. The average Bonchev–Trinajstić information content (AvgIpc) is 2.49. The molecule has 1 heterocycles. The van der Waals surface area contributed by atoms with Crippen molar-refractivity contribution < 1.29 is 19.4 Å². The van der Waals surface area contributed by atoms with Crippen LogP contribution in [0.5, 0.6) is 0 Å². The van der Waals surface area contributed by atoms with E-state index in [0.29, 0.717) is 5.46 Å². The second-order valence-electron chi connectivity index (χ2n) is 4.38. The molecule has 0 aliphatic carbocycles. The van der Waals surface area contributed by atoms with Gasteiger partial charge in [0.15, 0.2) is 12.4 Å². The Balaban J connectivity index is 1.86. The molecule has 0 aliphatic heterocycles. The number of hydrazone groups is 1. The zero-order valence-electron chi connectivity index (χ0n) is 11.3. The van der Waals surface area contributed by atoms with Crippen LogP contribution in [0.3, 0.4) is 0 Å². The highest BCUT2D eigenvalue weighted by Gasteiger charge is 2.09. The minimum Gasteiger partial charge on any atom is -0.423 e. The Kier molecular flexibility index (Phi) is 5.19. The highest BCUT2D eigenvalue weighted by molar-refractivity contribution is 6.58. The topological polar surface area (TPSA) is 85.8 Å². The lowest BCUT2D eigenvalue weighted by molar-refractivity contribution is -0.684. The van der Waals surface area contributed by atoms with Gasteiger partial charge in [-0.25, -0.2) is 5.43 Å². The molecule has 0 saturated carbocycles. The molecule has 1 aromatic heterocycles. The van der Waals surface area contributed by atoms with Gasteiger partial charge in [0, 0.05) is 12.1 Å². The molecule has 0 spiro atoms. The number of carbonyl (C=O) groups is 1. The van der Waals surface area contributed by atoms with Crippen LogP contribution >= 0.6 is 0 Å². The van der Waals surface area contributed by atoms with E-state index in [9.17, 15) is 4.79 Å². The number of amides is 1. The van der Waals surface area contributed by atoms with Gasteiger partial charge in [-0.2, -0.15) is 9.67 Å². The van der Waals surface area contributed by atoms with Crippen LogP contribution in [0.4, 0.5) is 0 Å². The number of aromatic nitrogens is 1. The molecule has 0 atom stereocenters. The van der Waals surface area contributed by atoms with Crippen molar-refractivity contribution in [3.8, 4) is 0 Å². The number of carbonyl (C=O) groups excluding carboxylic acids is 1. The molecule has 1 aromatic carbocycles. The van der Waals surface area contributed by atoms with Crippen LogP contribution in [0, 0.1) is 0 Å². The summed E-state index contributed by atoms with van der Waals surface area (Å²) in [4.78, 5) is 11.6. The zero-order valence-corrected chi connectivity index (χ0v) is 11.3. The number of rotatable bonds is 5. The van der Waals surface area contributed by atoms with Gasteiger partial charge >= 0.3 is 13.0 Å². The Morgan fingerprint density at radius 3 is 2.48 bits per heavy atom. The van der Waals surface area contributed by atoms with Gasteiger partial charge < -0.3 is 10.0 Å². The molecule has 2 aromatic rings. The highest BCUT2D eigenvalue weighted by Crippen LogP contribution is 1.93. The fraction of sp³-hybridized carbons (Fsp3) is 0.0714. The van der Waals surface area contributed by atoms with Crippen LogP contribution in [-0.4, -0.2) is 29.3 Å². The molecule has 0 bridgehead atoms. The van der Waals surface area contributed by atoms with Crippen LogP contribution in [0.15, 0.2) is 60.0 Å². The molecule has 7 heteroatoms. The van der Waals surface area contributed by atoms with Gasteiger partial charge in [0.2, 0.25) is 6.54 Å². The number of hydrogen-bond acceptors (Lipinski definition) is 4. The van der Waals surface area contributed by atoms with E-state index in [0.717, 1.165) is 5.56 Å². The Bertz CT molecular complexity index is 615. The minimum absolute atomic E-state index is 0.188. The van der Waals surface area contributed by atoms with Gasteiger partial charge in [-0.15, -0.1) is 0 Å². The monoisotopic (exact) mass is 284 g/mol. The molecule has 0 aliphatic rings. The van der Waals surface area contributed by atoms with E-state index in [4.69, 9.17) is 10.0 Å². The molecular formula is C14H15BN3O3+. The Morgan fingerprint density at radius 1 is 1.19 bits per heavy atom. The number of benzene rings is 1. The van der Waals surface area contributed by atoms with Crippen molar-refractivity contribution >= 4 is 24.7 Å². The number of nitrogens with zero attached hydrogens (tertiary/aromatic N) is 2. The summed E-state index contributed by atoms with van der Waals surface area (Å²) in [6.07, 6.45) is 5.07. The second-order valence-corrected chi connectivity index (χ2v) is 4.38. The molecule has 1 amide bonds. The molecule has 106 valence electrons. The lowest BCUT2D eigenvalue weighted by Crippen LogP contribution is -2.40. The third-order valence-electron chi connectivity index (χ3n) is 2.74. The summed E-state index contributed by atoms with van der Waals surface area (Å²) in [7, 11) is -1.49. The first kappa shape index (κ1) is 14.9. The van der Waals surface area contributed by atoms with Crippen molar-refractivity contribution in [2.24, 2.45) is 5.10 Å². The first-order chi connectivity index (χ1) is 10.1. The van der Waals surface area contributed by atoms with Crippen molar-refractivity contribution in [1.29, 1.82) is 0 Å². The van der Waals surface area contributed by atoms with Gasteiger partial charge in [0.25, 0.3) is 0 Å². The molecule has 0 radical (unpaired) electrons. The van der Waals surface area contributed by atoms with Crippen molar-refractivity contribution in [3.63, 3.8) is 0 Å². The Morgan fingerprint density at radius 2 is 1.86 bits per heavy atom. The summed E-state index contributed by atoms with van der Waals surface area (Å²) in [6, 6.07) is 12.1. The maximum atomic E-state index is 11.6. The van der Waals surface area contributed by atoms with E-state index in [1.54, 1.807) is 41.2 Å². The molecular weight excluding hydrogens is 269 g/mol. The summed E-state index contributed by atoms with van der Waals surface area (Å²) in [5, 5.41) is 21.8. The fourth-order valence-electron chi connectivity index (χ4n) is 1.67. The lowest BCUT2D eigenvalue weighted by Gasteiger charge is -1.99. The number of hydrogen-bond donors (Lipinski definition) is 3. The van der Waals surface area contributed by atoms with E-state index in [1.807, 2.05) is 18.2 Å². The molecule has 0 fully saturated rings. The van der Waals surface area contributed by atoms with Gasteiger partial charge in [-0.3, -0.25) is 4.79 Å². The predicted molar refractivity (Wildman–Crippen MR) is 78.6 cm³/mol. The normalized spacial score (nSPS) is 10.6. The first-order valence-electron chi connectivity index (χ1n) is 6.37. The van der Waals surface area contributed by atoms with Crippen LogP contribution in [0.1, 0.15) is 5.56 Å². The standard InChI is InChI=1S/C14H14BN3O3/c19-14(11-18-8-2-1-3-9-18)17-16-10-12-4-6-13(7-5-12)15(20)21/h1-10,20-21H,11H2/p+1/b16-10-. The molecule has 0 unspecified atom stereocenters. The van der Waals surface area contributed by atoms with Gasteiger partial charge in [-0.05, 0) is 11.0 Å². The molecule has 21 heavy (non-hydrogen) atoms. The first-order valence-corrected chi connectivity index (χ1v) is 6.37. The summed E-state index contributed by atoms with van der Waals surface area (Å²) in [6.45, 7) is 0.188. The largest absolute Gasteiger partial charge is 0.488 e. The van der Waals surface area contributed by atoms with Crippen LogP contribution in [0.25, 0.3) is 0 Å². The molecule has 0 saturated heterocycles. The number of pyridine rings is 1. The van der Waals surface area contributed by atoms with Crippen molar-refractivity contribution in [2.45, 2.75) is 6.54 Å². The van der Waals surface area contributed by atoms with Gasteiger partial charge in [-0.1, -0.05) is 30.3 Å². The van der Waals surface area contributed by atoms with Crippen LogP contribution in [0.2, 0.25) is 0 Å². The third kappa shape index (κ3) is 4.83. The lowest BCUT2D eigenvalue weighted by atomic mass is 9.80. The molecule has 6 nitrogen and oxygen atoms in total. The summed E-state index contributed by atoms with van der Waals surface area (Å²) in [5.41, 5.74) is 3.57. The van der Waals surface area contributed by atoms with E-state index >= 15 is 0 Å². The summed E-state index contributed by atoms with van der Waals surface area (Å²) >= 11 is 0. The van der Waals surface area contributed by atoms with Crippen molar-refractivity contribution in [1.82, 2.24) is 5.43 Å². The predicted octanol–water partition coefficient (Wildman–Crippen LogP) is -1.20. The van der Waals surface area contributed by atoms with E-state index in [2.05, 4.69) is 10.5 Å². The maximum Gasteiger partial charge on any atom is 0.488 e. The molecule has 2 rings (SSSR count). The summed E-state index contributed by atoms with van der Waals surface area (Å²) < 4.78 is 1.74. The highest BCUT2D eigenvalue weighted by atomic mass is 16.4. The smallest absolute Gasteiger partial charge is 0.423 e. The fourth-order valence-corrected chi connectivity index (χ4v) is 1.67.